The number of fused-ring (bicyclic) bond motifs is 1. The second-order valence-electron chi connectivity index (χ2n) is 7.33. The largest absolute Gasteiger partial charge is 0.492 e. The van der Waals surface area contributed by atoms with E-state index in [1.165, 1.54) is 0 Å². The first-order chi connectivity index (χ1) is 14.2. The number of aromatic nitrogens is 2. The molecular weight excluding hydrogens is 386 g/mol. The Kier molecular flexibility index (Phi) is 6.05. The molecule has 1 fully saturated rings. The SMILES string of the molecule is CCn1c(C2CCCN2C(=O)CCCOc2ccccc2Cl)nc2ccccc21. The molecule has 1 atom stereocenters. The van der Waals surface area contributed by atoms with Crippen molar-refractivity contribution in [2.45, 2.75) is 45.2 Å². The van der Waals surface area contributed by atoms with Crippen molar-refractivity contribution in [3.05, 3.63) is 59.4 Å². The lowest BCUT2D eigenvalue weighted by molar-refractivity contribution is -0.132. The maximum absolute atomic E-state index is 12.9. The van der Waals surface area contributed by atoms with Crippen LogP contribution in [-0.4, -0.2) is 33.5 Å². The highest BCUT2D eigenvalue weighted by atomic mass is 35.5. The van der Waals surface area contributed by atoms with Gasteiger partial charge in [0, 0.05) is 19.5 Å². The van der Waals surface area contributed by atoms with Crippen LogP contribution < -0.4 is 4.74 Å². The number of amides is 1. The molecule has 5 nitrogen and oxygen atoms in total. The monoisotopic (exact) mass is 411 g/mol. The molecule has 1 aromatic heterocycles. The third-order valence-electron chi connectivity index (χ3n) is 5.50. The van der Waals surface area contributed by atoms with Gasteiger partial charge in [-0.15, -0.1) is 0 Å². The van der Waals surface area contributed by atoms with Crippen molar-refractivity contribution in [1.82, 2.24) is 14.5 Å². The number of carbonyl (C=O) groups excluding carboxylic acids is 1. The molecule has 0 bridgehead atoms. The van der Waals surface area contributed by atoms with Crippen LogP contribution in [0.2, 0.25) is 5.02 Å². The predicted octanol–water partition coefficient (Wildman–Crippen LogP) is 5.23. The van der Waals surface area contributed by atoms with E-state index in [0.29, 0.717) is 30.2 Å². The van der Waals surface area contributed by atoms with Crippen LogP contribution >= 0.6 is 11.6 Å². The summed E-state index contributed by atoms with van der Waals surface area (Å²) in [5.74, 6) is 1.84. The van der Waals surface area contributed by atoms with Crippen LogP contribution in [0.4, 0.5) is 0 Å². The van der Waals surface area contributed by atoms with Crippen molar-refractivity contribution in [2.75, 3.05) is 13.2 Å². The molecule has 0 saturated carbocycles. The maximum Gasteiger partial charge on any atom is 0.223 e. The Bertz CT molecular complexity index is 1000. The third kappa shape index (κ3) is 4.10. The zero-order valence-electron chi connectivity index (χ0n) is 16.7. The first kappa shape index (κ1) is 19.8. The molecule has 1 aliphatic rings. The van der Waals surface area contributed by atoms with E-state index >= 15 is 0 Å². The Labute approximate surface area is 176 Å². The quantitative estimate of drug-likeness (QED) is 0.500. The zero-order valence-corrected chi connectivity index (χ0v) is 17.4. The van der Waals surface area contributed by atoms with Crippen LogP contribution in [0.15, 0.2) is 48.5 Å². The minimum Gasteiger partial charge on any atom is -0.492 e. The first-order valence-electron chi connectivity index (χ1n) is 10.3. The van der Waals surface area contributed by atoms with Gasteiger partial charge in [0.15, 0.2) is 0 Å². The van der Waals surface area contributed by atoms with Crippen molar-refractivity contribution >= 4 is 28.5 Å². The molecule has 0 radical (unpaired) electrons. The lowest BCUT2D eigenvalue weighted by atomic mass is 10.2. The maximum atomic E-state index is 12.9. The lowest BCUT2D eigenvalue weighted by Crippen LogP contribution is -2.32. The number of likely N-dealkylation sites (tertiary alicyclic amines) is 1. The summed E-state index contributed by atoms with van der Waals surface area (Å²) in [6, 6.07) is 15.6. The number of benzene rings is 2. The summed E-state index contributed by atoms with van der Waals surface area (Å²) in [6.07, 6.45) is 3.11. The molecule has 29 heavy (non-hydrogen) atoms. The van der Waals surface area contributed by atoms with Gasteiger partial charge in [-0.1, -0.05) is 35.9 Å². The van der Waals surface area contributed by atoms with Crippen LogP contribution in [0.1, 0.15) is 44.5 Å². The normalized spacial score (nSPS) is 16.5. The van der Waals surface area contributed by atoms with Gasteiger partial charge in [-0.2, -0.15) is 0 Å². The average Bonchev–Trinajstić information content (AvgIpc) is 3.36. The van der Waals surface area contributed by atoms with Crippen molar-refractivity contribution < 1.29 is 9.53 Å². The Morgan fingerprint density at radius 2 is 2.00 bits per heavy atom. The number of halogens is 1. The second-order valence-corrected chi connectivity index (χ2v) is 7.74. The smallest absolute Gasteiger partial charge is 0.223 e. The molecular formula is C23H26ClN3O2. The van der Waals surface area contributed by atoms with Crippen LogP contribution in [0.25, 0.3) is 11.0 Å². The van der Waals surface area contributed by atoms with Crippen molar-refractivity contribution in [3.63, 3.8) is 0 Å². The van der Waals surface area contributed by atoms with E-state index in [2.05, 4.69) is 17.6 Å². The number of aryl methyl sites for hydroxylation is 1. The van der Waals surface area contributed by atoms with Crippen LogP contribution in [0.5, 0.6) is 5.75 Å². The number of rotatable bonds is 7. The summed E-state index contributed by atoms with van der Waals surface area (Å²) >= 11 is 6.11. The molecule has 152 valence electrons. The van der Waals surface area contributed by atoms with Crippen molar-refractivity contribution in [1.29, 1.82) is 0 Å². The molecule has 6 heteroatoms. The zero-order chi connectivity index (χ0) is 20.2. The predicted molar refractivity (Wildman–Crippen MR) is 115 cm³/mol. The fourth-order valence-electron chi connectivity index (χ4n) is 4.13. The fraction of sp³-hybridized carbons (Fsp3) is 0.391. The Balaban J connectivity index is 1.41. The molecule has 3 aromatic rings. The Hall–Kier alpha value is -2.53. The molecule has 4 rings (SSSR count). The summed E-state index contributed by atoms with van der Waals surface area (Å²) < 4.78 is 7.96. The van der Waals surface area contributed by atoms with Gasteiger partial charge in [-0.3, -0.25) is 4.79 Å². The standard InChI is InChI=1S/C23H26ClN3O2/c1-2-26-19-11-5-4-10-18(19)25-23(26)20-12-7-15-27(20)22(28)14-8-16-29-21-13-6-3-9-17(21)24/h3-6,9-11,13,20H,2,7-8,12,14-16H2,1H3. The van der Waals surface area contributed by atoms with E-state index < -0.39 is 0 Å². The van der Waals surface area contributed by atoms with Crippen LogP contribution in [-0.2, 0) is 11.3 Å². The minimum absolute atomic E-state index is 0.0549. The van der Waals surface area contributed by atoms with Gasteiger partial charge < -0.3 is 14.2 Å². The molecule has 0 aliphatic carbocycles. The van der Waals surface area contributed by atoms with Gasteiger partial charge in [0.1, 0.15) is 11.6 Å². The molecule has 1 saturated heterocycles. The second kappa shape index (κ2) is 8.87. The van der Waals surface area contributed by atoms with Gasteiger partial charge in [0.05, 0.1) is 28.7 Å². The fourth-order valence-corrected chi connectivity index (χ4v) is 4.32. The van der Waals surface area contributed by atoms with E-state index in [1.54, 1.807) is 6.07 Å². The summed E-state index contributed by atoms with van der Waals surface area (Å²) in [6.45, 7) is 4.24. The molecule has 1 amide bonds. The van der Waals surface area contributed by atoms with Crippen LogP contribution in [0.3, 0.4) is 0 Å². The van der Waals surface area contributed by atoms with Crippen LogP contribution in [0, 0.1) is 0 Å². The van der Waals surface area contributed by atoms with E-state index in [0.717, 1.165) is 42.8 Å². The molecule has 2 heterocycles. The number of imidazole rings is 1. The topological polar surface area (TPSA) is 47.4 Å². The number of para-hydroxylation sites is 3. The molecule has 1 aliphatic heterocycles. The highest BCUT2D eigenvalue weighted by molar-refractivity contribution is 6.32. The molecule has 0 spiro atoms. The van der Waals surface area contributed by atoms with Crippen molar-refractivity contribution in [3.8, 4) is 5.75 Å². The minimum atomic E-state index is 0.0549. The Morgan fingerprint density at radius 1 is 1.21 bits per heavy atom. The molecule has 0 N–H and O–H groups in total. The molecule has 2 aromatic carbocycles. The lowest BCUT2D eigenvalue weighted by Gasteiger charge is -2.25. The highest BCUT2D eigenvalue weighted by Crippen LogP contribution is 2.34. The van der Waals surface area contributed by atoms with Gasteiger partial charge in [-0.25, -0.2) is 4.98 Å². The number of hydrogen-bond acceptors (Lipinski definition) is 3. The number of hydrogen-bond donors (Lipinski definition) is 0. The third-order valence-corrected chi connectivity index (χ3v) is 5.81. The van der Waals surface area contributed by atoms with Gasteiger partial charge in [0.2, 0.25) is 5.91 Å². The van der Waals surface area contributed by atoms with E-state index in [9.17, 15) is 4.79 Å². The van der Waals surface area contributed by atoms with E-state index in [4.69, 9.17) is 21.3 Å². The summed E-state index contributed by atoms with van der Waals surface area (Å²) in [5, 5.41) is 0.594. The number of ether oxygens (including phenoxy) is 1. The number of nitrogens with zero attached hydrogens (tertiary/aromatic N) is 3. The van der Waals surface area contributed by atoms with Gasteiger partial charge >= 0.3 is 0 Å². The number of carbonyl (C=O) groups is 1. The first-order valence-corrected chi connectivity index (χ1v) is 10.7. The highest BCUT2D eigenvalue weighted by Gasteiger charge is 2.33. The summed E-state index contributed by atoms with van der Waals surface area (Å²) in [5.41, 5.74) is 2.13. The van der Waals surface area contributed by atoms with E-state index in [1.807, 2.05) is 41.3 Å². The average molecular weight is 412 g/mol. The summed E-state index contributed by atoms with van der Waals surface area (Å²) in [4.78, 5) is 19.8. The molecule has 1 unspecified atom stereocenters. The van der Waals surface area contributed by atoms with Gasteiger partial charge in [0.25, 0.3) is 0 Å². The summed E-state index contributed by atoms with van der Waals surface area (Å²) in [7, 11) is 0. The van der Waals surface area contributed by atoms with Gasteiger partial charge in [-0.05, 0) is 50.5 Å². The van der Waals surface area contributed by atoms with E-state index in [-0.39, 0.29) is 11.9 Å². The Morgan fingerprint density at radius 3 is 2.83 bits per heavy atom. The van der Waals surface area contributed by atoms with Crippen molar-refractivity contribution in [2.24, 2.45) is 0 Å².